The summed E-state index contributed by atoms with van der Waals surface area (Å²) in [6.45, 7) is 0. The average molecular weight is 166 g/mol. The summed E-state index contributed by atoms with van der Waals surface area (Å²) in [6.07, 6.45) is 6.37. The van der Waals surface area contributed by atoms with Gasteiger partial charge in [0.1, 0.15) is 0 Å². The van der Waals surface area contributed by atoms with Crippen LogP contribution in [0.2, 0.25) is 0 Å². The first-order chi connectivity index (χ1) is 5.35. The second kappa shape index (κ2) is 1.43. The van der Waals surface area contributed by atoms with Gasteiger partial charge in [0, 0.05) is 0 Å². The Hall–Kier alpha value is 0.430. The Morgan fingerprint density at radius 1 is 1.00 bits per heavy atom. The third kappa shape index (κ3) is 0.359. The molecule has 0 nitrogen and oxygen atoms in total. The summed E-state index contributed by atoms with van der Waals surface area (Å²) in [7, 11) is 3.11. The van der Waals surface area contributed by atoms with Gasteiger partial charge in [0.25, 0.3) is 0 Å². The number of hydrogen-bond donors (Lipinski definition) is 0. The molecule has 0 heterocycles. The van der Waals surface area contributed by atoms with Crippen molar-refractivity contribution >= 4 is 9.24 Å². The third-order valence-corrected chi connectivity index (χ3v) is 6.49. The van der Waals surface area contributed by atoms with Gasteiger partial charge in [-0.25, -0.2) is 0 Å². The van der Waals surface area contributed by atoms with Crippen LogP contribution in [0, 0.1) is 29.1 Å². The van der Waals surface area contributed by atoms with Crippen LogP contribution in [-0.4, -0.2) is 5.66 Å². The molecule has 4 rings (SSSR count). The van der Waals surface area contributed by atoms with Crippen LogP contribution >= 0.6 is 9.24 Å². The fourth-order valence-electron chi connectivity index (χ4n) is 5.24. The van der Waals surface area contributed by atoms with Crippen molar-refractivity contribution in [3.8, 4) is 0 Å². The van der Waals surface area contributed by atoms with Gasteiger partial charge in [0.2, 0.25) is 0 Å². The molecular formula is C10H15P. The second-order valence-electron chi connectivity index (χ2n) is 5.23. The molecule has 0 bridgehead atoms. The zero-order valence-corrected chi connectivity index (χ0v) is 7.95. The molecule has 4 saturated carbocycles. The zero-order chi connectivity index (χ0) is 7.22. The Morgan fingerprint density at radius 2 is 1.91 bits per heavy atom. The predicted molar refractivity (Wildman–Crippen MR) is 48.4 cm³/mol. The molecule has 60 valence electrons. The Kier molecular flexibility index (Phi) is 0.779. The van der Waals surface area contributed by atoms with Crippen LogP contribution in [0.5, 0.6) is 0 Å². The highest BCUT2D eigenvalue weighted by atomic mass is 31.0. The normalized spacial score (nSPS) is 75.5. The van der Waals surface area contributed by atoms with Crippen molar-refractivity contribution in [1.82, 2.24) is 0 Å². The van der Waals surface area contributed by atoms with E-state index < -0.39 is 0 Å². The smallest absolute Gasteiger partial charge is 0.0172 e. The Morgan fingerprint density at radius 3 is 2.64 bits per heavy atom. The molecule has 1 heteroatoms. The summed E-state index contributed by atoms with van der Waals surface area (Å²) >= 11 is 0. The highest BCUT2D eigenvalue weighted by molar-refractivity contribution is 7.17. The van der Waals surface area contributed by atoms with Gasteiger partial charge in [0.15, 0.2) is 0 Å². The molecule has 1 spiro atoms. The quantitative estimate of drug-likeness (QED) is 0.484. The van der Waals surface area contributed by atoms with Gasteiger partial charge < -0.3 is 0 Å². The fourth-order valence-corrected chi connectivity index (χ4v) is 6.25. The molecule has 0 aromatic carbocycles. The van der Waals surface area contributed by atoms with Gasteiger partial charge in [-0.2, -0.15) is 0 Å². The highest BCUT2D eigenvalue weighted by Crippen LogP contribution is 2.85. The van der Waals surface area contributed by atoms with Crippen molar-refractivity contribution in [3.05, 3.63) is 0 Å². The first-order valence-electron chi connectivity index (χ1n) is 5.10. The van der Waals surface area contributed by atoms with Gasteiger partial charge in [-0.1, -0.05) is 0 Å². The minimum Gasteiger partial charge on any atom is -0.134 e. The van der Waals surface area contributed by atoms with Crippen LogP contribution in [-0.2, 0) is 0 Å². The molecule has 0 aromatic heterocycles. The van der Waals surface area contributed by atoms with Crippen molar-refractivity contribution in [1.29, 1.82) is 0 Å². The lowest BCUT2D eigenvalue weighted by Crippen LogP contribution is -2.74. The van der Waals surface area contributed by atoms with E-state index in [0.29, 0.717) is 0 Å². The SMILES string of the molecule is PC1C2CCC3CC4CC1C342. The molecule has 0 aliphatic heterocycles. The Bertz CT molecular complexity index is 237. The highest BCUT2D eigenvalue weighted by Gasteiger charge is 2.79. The lowest BCUT2D eigenvalue weighted by atomic mass is 9.28. The van der Waals surface area contributed by atoms with Crippen molar-refractivity contribution in [2.24, 2.45) is 29.1 Å². The summed E-state index contributed by atoms with van der Waals surface area (Å²) in [6, 6.07) is 0. The molecular weight excluding hydrogens is 151 g/mol. The molecule has 0 saturated heterocycles. The minimum atomic E-state index is 0.979. The minimum absolute atomic E-state index is 0.979. The Balaban J connectivity index is 1.83. The van der Waals surface area contributed by atoms with Gasteiger partial charge >= 0.3 is 0 Å². The van der Waals surface area contributed by atoms with E-state index in [1.807, 2.05) is 0 Å². The largest absolute Gasteiger partial charge is 0.134 e. The number of hydrogen-bond acceptors (Lipinski definition) is 0. The molecule has 4 aliphatic carbocycles. The van der Waals surface area contributed by atoms with Crippen LogP contribution < -0.4 is 0 Å². The van der Waals surface area contributed by atoms with Gasteiger partial charge in [0.05, 0.1) is 0 Å². The van der Waals surface area contributed by atoms with E-state index in [4.69, 9.17) is 0 Å². The summed E-state index contributed by atoms with van der Waals surface area (Å²) in [5.74, 6) is 4.74. The van der Waals surface area contributed by atoms with Crippen LogP contribution in [0.4, 0.5) is 0 Å². The standard InChI is InChI=1S/C10H15P/c11-9-7-2-1-5-3-6-4-8(9)10(5,6)7/h5-9H,1-4,11H2. The van der Waals surface area contributed by atoms with E-state index in [9.17, 15) is 0 Å². The van der Waals surface area contributed by atoms with Crippen molar-refractivity contribution in [3.63, 3.8) is 0 Å². The lowest BCUT2D eigenvalue weighted by molar-refractivity contribution is -0.270. The van der Waals surface area contributed by atoms with Crippen molar-refractivity contribution < 1.29 is 0 Å². The van der Waals surface area contributed by atoms with E-state index in [-0.39, 0.29) is 0 Å². The molecule has 4 fully saturated rings. The Labute approximate surface area is 70.3 Å². The van der Waals surface area contributed by atoms with Crippen LogP contribution in [0.1, 0.15) is 25.7 Å². The molecule has 7 unspecified atom stereocenters. The predicted octanol–water partition coefficient (Wildman–Crippen LogP) is 2.30. The fraction of sp³-hybridized carbons (Fsp3) is 1.00. The molecule has 0 amide bonds. The zero-order valence-electron chi connectivity index (χ0n) is 6.79. The summed E-state index contributed by atoms with van der Waals surface area (Å²) in [5.41, 5.74) is 2.02. The second-order valence-corrected chi connectivity index (χ2v) is 6.00. The van der Waals surface area contributed by atoms with Crippen LogP contribution in [0.3, 0.4) is 0 Å². The molecule has 4 aliphatic rings. The summed E-state index contributed by atoms with van der Waals surface area (Å²) < 4.78 is 0. The van der Waals surface area contributed by atoms with Crippen LogP contribution in [0.15, 0.2) is 0 Å². The van der Waals surface area contributed by atoms with Gasteiger partial charge in [-0.05, 0) is 60.4 Å². The van der Waals surface area contributed by atoms with E-state index in [2.05, 4.69) is 9.24 Å². The third-order valence-electron chi connectivity index (χ3n) is 5.56. The lowest BCUT2D eigenvalue weighted by Gasteiger charge is -2.78. The first-order valence-corrected chi connectivity index (χ1v) is 5.77. The number of rotatable bonds is 0. The maximum atomic E-state index is 3.11. The van der Waals surface area contributed by atoms with Crippen LogP contribution in [0.25, 0.3) is 0 Å². The molecule has 0 radical (unpaired) electrons. The average Bonchev–Trinajstić information content (AvgIpc) is 2.34. The molecule has 0 aromatic rings. The monoisotopic (exact) mass is 166 g/mol. The summed E-state index contributed by atoms with van der Waals surface area (Å²) in [5, 5.41) is 0. The van der Waals surface area contributed by atoms with E-state index >= 15 is 0 Å². The van der Waals surface area contributed by atoms with Crippen molar-refractivity contribution in [2.75, 3.05) is 0 Å². The van der Waals surface area contributed by atoms with E-state index in [0.717, 1.165) is 17.0 Å². The van der Waals surface area contributed by atoms with E-state index in [1.165, 1.54) is 17.8 Å². The maximum absolute atomic E-state index is 3.11. The first kappa shape index (κ1) is 5.97. The summed E-state index contributed by atoms with van der Waals surface area (Å²) in [4.78, 5) is 0. The molecule has 0 N–H and O–H groups in total. The topological polar surface area (TPSA) is 0 Å². The molecule has 7 atom stereocenters. The van der Waals surface area contributed by atoms with Gasteiger partial charge in [-0.3, -0.25) is 0 Å². The van der Waals surface area contributed by atoms with Crippen molar-refractivity contribution in [2.45, 2.75) is 31.3 Å². The van der Waals surface area contributed by atoms with E-state index in [1.54, 1.807) is 25.7 Å². The molecule has 11 heavy (non-hydrogen) atoms. The maximum Gasteiger partial charge on any atom is -0.0172 e. The van der Waals surface area contributed by atoms with Gasteiger partial charge in [-0.15, -0.1) is 9.24 Å².